The first kappa shape index (κ1) is 19.2. The Hall–Kier alpha value is -2.12. The van der Waals surface area contributed by atoms with E-state index in [-0.39, 0.29) is 11.2 Å². The van der Waals surface area contributed by atoms with Crippen LogP contribution in [0.5, 0.6) is 0 Å². The molecule has 28 heavy (non-hydrogen) atoms. The van der Waals surface area contributed by atoms with Gasteiger partial charge in [-0.15, -0.1) is 21.5 Å². The lowest BCUT2D eigenvalue weighted by Gasteiger charge is -2.33. The van der Waals surface area contributed by atoms with Crippen molar-refractivity contribution < 1.29 is 9.21 Å². The summed E-state index contributed by atoms with van der Waals surface area (Å²) in [6, 6.07) is 14.5. The average Bonchev–Trinajstić information content (AvgIpc) is 3.40. The predicted molar refractivity (Wildman–Crippen MR) is 112 cm³/mol. The summed E-state index contributed by atoms with van der Waals surface area (Å²) in [5.41, 5.74) is 1.38. The molecular formula is C21H23N3O2S2. The molecule has 5 nitrogen and oxygen atoms in total. The number of thioether (sulfide) groups is 1. The first-order chi connectivity index (χ1) is 13.7. The van der Waals surface area contributed by atoms with Gasteiger partial charge in [-0.1, -0.05) is 48.2 Å². The number of aromatic nitrogens is 2. The van der Waals surface area contributed by atoms with Crippen molar-refractivity contribution in [1.82, 2.24) is 15.1 Å². The molecule has 0 bridgehead atoms. The number of thiophene rings is 1. The van der Waals surface area contributed by atoms with Gasteiger partial charge in [-0.25, -0.2) is 0 Å². The lowest BCUT2D eigenvalue weighted by Crippen LogP contribution is -2.42. The largest absolute Gasteiger partial charge is 0.410 e. The Kier molecular flexibility index (Phi) is 6.12. The van der Waals surface area contributed by atoms with Gasteiger partial charge in [0.1, 0.15) is 0 Å². The van der Waals surface area contributed by atoms with Gasteiger partial charge in [0.25, 0.3) is 11.1 Å². The summed E-state index contributed by atoms with van der Waals surface area (Å²) in [4.78, 5) is 15.7. The number of likely N-dealkylation sites (tertiary alicyclic amines) is 1. The number of carbonyl (C=O) groups is 1. The molecule has 0 N–H and O–H groups in total. The summed E-state index contributed by atoms with van der Waals surface area (Å²) in [5, 5.41) is 10.3. The van der Waals surface area contributed by atoms with Crippen molar-refractivity contribution in [1.29, 1.82) is 0 Å². The van der Waals surface area contributed by atoms with Crippen LogP contribution >= 0.6 is 23.1 Å². The normalized spacial score (nSPS) is 16.2. The summed E-state index contributed by atoms with van der Waals surface area (Å²) in [5.74, 6) is 1.32. The van der Waals surface area contributed by atoms with Crippen molar-refractivity contribution in [3.8, 4) is 10.8 Å². The third-order valence-corrected chi connectivity index (χ3v) is 6.84. The first-order valence-electron chi connectivity index (χ1n) is 9.56. The van der Waals surface area contributed by atoms with Crippen LogP contribution in [0.2, 0.25) is 0 Å². The van der Waals surface area contributed by atoms with Crippen molar-refractivity contribution in [2.45, 2.75) is 36.7 Å². The maximum atomic E-state index is 12.8. The fourth-order valence-electron chi connectivity index (χ4n) is 3.52. The zero-order valence-electron chi connectivity index (χ0n) is 15.8. The average molecular weight is 414 g/mol. The Labute approximate surface area is 173 Å². The van der Waals surface area contributed by atoms with E-state index in [2.05, 4.69) is 40.5 Å². The van der Waals surface area contributed by atoms with Crippen LogP contribution in [-0.4, -0.2) is 39.3 Å². The third-order valence-electron chi connectivity index (χ3n) is 5.06. The van der Waals surface area contributed by atoms with E-state index in [4.69, 9.17) is 4.42 Å². The highest BCUT2D eigenvalue weighted by Gasteiger charge is 2.28. The van der Waals surface area contributed by atoms with Crippen molar-refractivity contribution >= 4 is 29.0 Å². The minimum Gasteiger partial charge on any atom is -0.410 e. The molecule has 0 radical (unpaired) electrons. The summed E-state index contributed by atoms with van der Waals surface area (Å²) in [6.45, 7) is 3.56. The Morgan fingerprint density at radius 2 is 2.00 bits per heavy atom. The Morgan fingerprint density at radius 3 is 2.71 bits per heavy atom. The van der Waals surface area contributed by atoms with Gasteiger partial charge in [0.05, 0.1) is 10.1 Å². The monoisotopic (exact) mass is 413 g/mol. The molecule has 1 fully saturated rings. The molecule has 1 saturated heterocycles. The van der Waals surface area contributed by atoms with E-state index in [0.717, 1.165) is 37.2 Å². The molecule has 3 heterocycles. The van der Waals surface area contributed by atoms with Crippen LogP contribution < -0.4 is 0 Å². The number of carbonyl (C=O) groups excluding carboxylic acids is 1. The number of hydrogen-bond acceptors (Lipinski definition) is 6. The van der Waals surface area contributed by atoms with E-state index < -0.39 is 0 Å². The second-order valence-electron chi connectivity index (χ2n) is 7.07. The summed E-state index contributed by atoms with van der Waals surface area (Å²) < 4.78 is 5.70. The number of benzene rings is 1. The van der Waals surface area contributed by atoms with Gasteiger partial charge in [-0.2, -0.15) is 0 Å². The summed E-state index contributed by atoms with van der Waals surface area (Å²) in [6.07, 6.45) is 3.21. The SMILES string of the molecule is C[C@@H](Sc1nnc(-c2cccs2)o1)C(=O)N1CCC(Cc2ccccc2)CC1. The summed E-state index contributed by atoms with van der Waals surface area (Å²) in [7, 11) is 0. The summed E-state index contributed by atoms with van der Waals surface area (Å²) >= 11 is 2.90. The van der Waals surface area contributed by atoms with Crippen molar-refractivity contribution in [2.24, 2.45) is 5.92 Å². The van der Waals surface area contributed by atoms with Crippen molar-refractivity contribution in [3.05, 3.63) is 53.4 Å². The first-order valence-corrected chi connectivity index (χ1v) is 11.3. The van der Waals surface area contributed by atoms with Crippen molar-refractivity contribution in [2.75, 3.05) is 13.1 Å². The van der Waals surface area contributed by atoms with Gasteiger partial charge in [0, 0.05) is 13.1 Å². The lowest BCUT2D eigenvalue weighted by atomic mass is 9.90. The van der Waals surface area contributed by atoms with Crippen LogP contribution in [-0.2, 0) is 11.2 Å². The van der Waals surface area contributed by atoms with Crippen LogP contribution in [0, 0.1) is 5.92 Å². The molecule has 1 aromatic carbocycles. The number of piperidine rings is 1. The number of amides is 1. The second kappa shape index (κ2) is 8.92. The molecule has 0 aliphatic carbocycles. The number of rotatable bonds is 6. The van der Waals surface area contributed by atoms with Crippen molar-refractivity contribution in [3.63, 3.8) is 0 Å². The Balaban J connectivity index is 1.28. The maximum absolute atomic E-state index is 12.8. The van der Waals surface area contributed by atoms with Gasteiger partial charge >= 0.3 is 0 Å². The minimum absolute atomic E-state index is 0.152. The highest BCUT2D eigenvalue weighted by atomic mass is 32.2. The highest BCUT2D eigenvalue weighted by molar-refractivity contribution is 8.00. The topological polar surface area (TPSA) is 59.2 Å². The molecule has 7 heteroatoms. The van der Waals surface area contributed by atoms with E-state index >= 15 is 0 Å². The van der Waals surface area contributed by atoms with E-state index in [0.29, 0.717) is 17.0 Å². The molecule has 2 aromatic heterocycles. The molecule has 1 amide bonds. The molecule has 1 atom stereocenters. The Bertz CT molecular complexity index is 888. The van der Waals surface area contributed by atoms with Gasteiger partial charge in [0.15, 0.2) is 0 Å². The molecule has 3 aromatic rings. The van der Waals surface area contributed by atoms with Gasteiger partial charge in [-0.05, 0) is 49.1 Å². The van der Waals surface area contributed by atoms with E-state index in [1.165, 1.54) is 17.3 Å². The van der Waals surface area contributed by atoms with Gasteiger partial charge < -0.3 is 9.32 Å². The molecule has 1 aliphatic heterocycles. The molecule has 146 valence electrons. The van der Waals surface area contributed by atoms with Gasteiger partial charge in [-0.3, -0.25) is 4.79 Å². The third kappa shape index (κ3) is 4.64. The maximum Gasteiger partial charge on any atom is 0.277 e. The van der Waals surface area contributed by atoms with Crippen LogP contribution in [0.1, 0.15) is 25.3 Å². The minimum atomic E-state index is -0.234. The zero-order valence-corrected chi connectivity index (χ0v) is 17.4. The standard InChI is InChI=1S/C21H23N3O2S2/c1-15(28-21-23-22-19(26-21)18-8-5-13-27-18)20(25)24-11-9-17(10-12-24)14-16-6-3-2-4-7-16/h2-8,13,15,17H,9-12,14H2,1H3/t15-/m1/s1. The molecule has 0 saturated carbocycles. The van der Waals surface area contributed by atoms with Gasteiger partial charge in [0.2, 0.25) is 5.91 Å². The molecular weight excluding hydrogens is 390 g/mol. The quantitative estimate of drug-likeness (QED) is 0.545. The van der Waals surface area contributed by atoms with E-state index in [1.807, 2.05) is 29.3 Å². The molecule has 1 aliphatic rings. The van der Waals surface area contributed by atoms with Crippen LogP contribution in [0.3, 0.4) is 0 Å². The van der Waals surface area contributed by atoms with Crippen LogP contribution in [0.15, 0.2) is 57.5 Å². The smallest absolute Gasteiger partial charge is 0.277 e. The van der Waals surface area contributed by atoms with Crippen LogP contribution in [0.25, 0.3) is 10.8 Å². The van der Waals surface area contributed by atoms with Crippen LogP contribution in [0.4, 0.5) is 0 Å². The number of nitrogens with zero attached hydrogens (tertiary/aromatic N) is 3. The fraction of sp³-hybridized carbons (Fsp3) is 0.381. The Morgan fingerprint density at radius 1 is 1.21 bits per heavy atom. The number of hydrogen-bond donors (Lipinski definition) is 0. The molecule has 4 rings (SSSR count). The predicted octanol–water partition coefficient (Wildman–Crippen LogP) is 4.76. The van der Waals surface area contributed by atoms with E-state index in [1.54, 1.807) is 11.3 Å². The lowest BCUT2D eigenvalue weighted by molar-refractivity contribution is -0.131. The fourth-order valence-corrected chi connectivity index (χ4v) is 4.93. The highest BCUT2D eigenvalue weighted by Crippen LogP contribution is 2.30. The second-order valence-corrected chi connectivity index (χ2v) is 9.31. The zero-order chi connectivity index (χ0) is 19.3. The molecule has 0 spiro atoms. The van der Waals surface area contributed by atoms with E-state index in [9.17, 15) is 4.79 Å². The molecule has 0 unspecified atom stereocenters.